The third-order valence-corrected chi connectivity index (χ3v) is 7.73. The number of carbonyl (C=O) groups is 3. The molecule has 2 aliphatic rings. The summed E-state index contributed by atoms with van der Waals surface area (Å²) in [6.45, 7) is 11.1. The van der Waals surface area contributed by atoms with Crippen molar-refractivity contribution in [3.63, 3.8) is 0 Å². The second-order valence-corrected chi connectivity index (χ2v) is 13.4. The van der Waals surface area contributed by atoms with Crippen molar-refractivity contribution in [2.24, 2.45) is 0 Å². The number of rotatable bonds is 5. The molecule has 0 radical (unpaired) electrons. The van der Waals surface area contributed by atoms with E-state index in [0.29, 0.717) is 5.75 Å². The SMILES string of the molecule is CC(C)(C)OC(=O)N1CCC2(CC1)NC(=O)N(Cc1nc(-c3ccc(Oc4ccccc4C(C)(C)C)c(C(F)(F)F)c3)no1)C2=O. The third kappa shape index (κ3) is 6.80. The number of imide groups is 1. The number of aromatic nitrogens is 2. The van der Waals surface area contributed by atoms with Gasteiger partial charge < -0.3 is 24.2 Å². The van der Waals surface area contributed by atoms with E-state index >= 15 is 0 Å². The van der Waals surface area contributed by atoms with Gasteiger partial charge in [-0.3, -0.25) is 9.69 Å². The topological polar surface area (TPSA) is 127 Å². The van der Waals surface area contributed by atoms with Crippen LogP contribution < -0.4 is 10.1 Å². The van der Waals surface area contributed by atoms with Crippen molar-refractivity contribution < 1.29 is 41.6 Å². The maximum absolute atomic E-state index is 14.2. The van der Waals surface area contributed by atoms with Gasteiger partial charge in [-0.15, -0.1) is 0 Å². The fraction of sp³-hybridized carbons (Fsp3) is 0.469. The number of carbonyl (C=O) groups excluding carboxylic acids is 3. The molecule has 46 heavy (non-hydrogen) atoms. The summed E-state index contributed by atoms with van der Waals surface area (Å²) < 4.78 is 59.0. The van der Waals surface area contributed by atoms with Crippen molar-refractivity contribution in [3.8, 4) is 22.9 Å². The van der Waals surface area contributed by atoms with Crippen molar-refractivity contribution in [2.45, 2.75) is 83.7 Å². The largest absolute Gasteiger partial charge is 0.456 e. The highest BCUT2D eigenvalue weighted by atomic mass is 19.4. The first-order valence-corrected chi connectivity index (χ1v) is 14.8. The fourth-order valence-electron chi connectivity index (χ4n) is 5.40. The number of hydrogen-bond donors (Lipinski definition) is 1. The summed E-state index contributed by atoms with van der Waals surface area (Å²) in [6, 6.07) is 9.66. The highest BCUT2D eigenvalue weighted by Crippen LogP contribution is 2.42. The summed E-state index contributed by atoms with van der Waals surface area (Å²) in [4.78, 5) is 45.2. The van der Waals surface area contributed by atoms with E-state index < -0.39 is 40.9 Å². The molecule has 0 aliphatic carbocycles. The van der Waals surface area contributed by atoms with Gasteiger partial charge in [0, 0.05) is 24.2 Å². The number of alkyl halides is 3. The van der Waals surface area contributed by atoms with Crippen molar-refractivity contribution in [1.29, 1.82) is 0 Å². The zero-order valence-electron chi connectivity index (χ0n) is 26.4. The molecule has 246 valence electrons. The molecular weight excluding hydrogens is 607 g/mol. The lowest BCUT2D eigenvalue weighted by Crippen LogP contribution is -2.56. The molecular formula is C32H36F3N5O6. The minimum absolute atomic E-state index is 0.00182. The molecule has 0 bridgehead atoms. The molecule has 11 nitrogen and oxygen atoms in total. The number of piperidine rings is 1. The lowest BCUT2D eigenvalue weighted by molar-refractivity contribution is -0.138. The quantitative estimate of drug-likeness (QED) is 0.306. The van der Waals surface area contributed by atoms with Gasteiger partial charge in [-0.05, 0) is 63.3 Å². The van der Waals surface area contributed by atoms with Crippen LogP contribution in [0.1, 0.15) is 71.4 Å². The average molecular weight is 644 g/mol. The predicted octanol–water partition coefficient (Wildman–Crippen LogP) is 6.67. The average Bonchev–Trinajstić information content (AvgIpc) is 3.51. The number of nitrogens with zero attached hydrogens (tertiary/aromatic N) is 4. The molecule has 0 saturated carbocycles. The Labute approximate surface area is 264 Å². The van der Waals surface area contributed by atoms with E-state index in [4.69, 9.17) is 14.0 Å². The van der Waals surface area contributed by atoms with Crippen LogP contribution in [0.2, 0.25) is 0 Å². The van der Waals surface area contributed by atoms with Gasteiger partial charge >= 0.3 is 18.3 Å². The molecule has 3 heterocycles. The Morgan fingerprint density at radius 1 is 0.978 bits per heavy atom. The van der Waals surface area contributed by atoms with Gasteiger partial charge in [0.15, 0.2) is 0 Å². The molecule has 1 N–H and O–H groups in total. The van der Waals surface area contributed by atoms with Crippen LogP contribution in [-0.2, 0) is 27.7 Å². The van der Waals surface area contributed by atoms with E-state index in [-0.39, 0.29) is 60.9 Å². The van der Waals surface area contributed by atoms with Crippen LogP contribution in [0.3, 0.4) is 0 Å². The smallest absolute Gasteiger partial charge is 0.420 e. The fourth-order valence-corrected chi connectivity index (χ4v) is 5.40. The van der Waals surface area contributed by atoms with E-state index in [1.54, 1.807) is 45.0 Å². The number of amides is 4. The zero-order chi connectivity index (χ0) is 33.7. The molecule has 2 saturated heterocycles. The van der Waals surface area contributed by atoms with Crippen molar-refractivity contribution in [3.05, 3.63) is 59.5 Å². The van der Waals surface area contributed by atoms with Crippen molar-refractivity contribution in [1.82, 2.24) is 25.3 Å². The molecule has 3 aromatic rings. The van der Waals surface area contributed by atoms with Crippen LogP contribution in [0.4, 0.5) is 22.8 Å². The second kappa shape index (κ2) is 11.6. The number of halogens is 3. The Hall–Kier alpha value is -4.62. The second-order valence-electron chi connectivity index (χ2n) is 13.4. The van der Waals surface area contributed by atoms with E-state index in [1.165, 1.54) is 17.0 Å². The molecule has 1 aromatic heterocycles. The summed E-state index contributed by atoms with van der Waals surface area (Å²) in [5, 5.41) is 6.53. The number of para-hydroxylation sites is 1. The molecule has 4 amide bonds. The maximum Gasteiger partial charge on any atom is 0.420 e. The molecule has 0 unspecified atom stereocenters. The minimum Gasteiger partial charge on any atom is -0.456 e. The highest BCUT2D eigenvalue weighted by Gasteiger charge is 2.53. The van der Waals surface area contributed by atoms with E-state index in [0.717, 1.165) is 16.5 Å². The molecule has 1 spiro atoms. The molecule has 2 aliphatic heterocycles. The summed E-state index contributed by atoms with van der Waals surface area (Å²) in [5.41, 5.74) is -2.55. The Bertz CT molecular complexity index is 1650. The van der Waals surface area contributed by atoms with Crippen LogP contribution in [0.5, 0.6) is 11.5 Å². The Morgan fingerprint density at radius 3 is 2.26 bits per heavy atom. The van der Waals surface area contributed by atoms with Gasteiger partial charge in [-0.1, -0.05) is 44.1 Å². The predicted molar refractivity (Wildman–Crippen MR) is 159 cm³/mol. The molecule has 2 aromatic carbocycles. The molecule has 14 heteroatoms. The van der Waals surface area contributed by atoms with Crippen molar-refractivity contribution >= 4 is 18.0 Å². The first-order chi connectivity index (χ1) is 21.4. The van der Waals surface area contributed by atoms with E-state index in [9.17, 15) is 27.6 Å². The number of ether oxygens (including phenoxy) is 2. The Morgan fingerprint density at radius 2 is 1.63 bits per heavy atom. The maximum atomic E-state index is 14.2. The van der Waals surface area contributed by atoms with Crippen LogP contribution >= 0.6 is 0 Å². The van der Waals surface area contributed by atoms with Crippen molar-refractivity contribution in [2.75, 3.05) is 13.1 Å². The van der Waals surface area contributed by atoms with Crippen LogP contribution in [0, 0.1) is 0 Å². The van der Waals surface area contributed by atoms with Crippen LogP contribution in [0.15, 0.2) is 47.0 Å². The van der Waals surface area contributed by atoms with E-state index in [2.05, 4.69) is 15.5 Å². The van der Waals surface area contributed by atoms with Gasteiger partial charge in [0.25, 0.3) is 5.91 Å². The minimum atomic E-state index is -4.76. The van der Waals surface area contributed by atoms with Gasteiger partial charge in [0.05, 0.1) is 5.56 Å². The first kappa shape index (κ1) is 32.8. The monoisotopic (exact) mass is 643 g/mol. The number of likely N-dealkylation sites (tertiary alicyclic amines) is 1. The number of urea groups is 1. The lowest BCUT2D eigenvalue weighted by atomic mass is 9.86. The molecule has 5 rings (SSSR count). The Kier molecular flexibility index (Phi) is 8.28. The van der Waals surface area contributed by atoms with Gasteiger partial charge in [0.2, 0.25) is 11.7 Å². The summed E-state index contributed by atoms with van der Waals surface area (Å²) in [5.74, 6) is -0.905. The van der Waals surface area contributed by atoms with E-state index in [1.807, 2.05) is 20.8 Å². The molecule has 2 fully saturated rings. The summed E-state index contributed by atoms with van der Waals surface area (Å²) in [6.07, 6.45) is -4.91. The number of hydrogen-bond acceptors (Lipinski definition) is 8. The standard InChI is InChI=1S/C32H36F3N5O6/c1-29(2,3)20-9-7-8-10-22(20)44-23-12-11-19(17-21(23)32(33,34)35)25-36-24(46-38-25)18-40-26(41)31(37-27(40)42)13-15-39(16-14-31)28(43)45-30(4,5)6/h7-12,17H,13-16,18H2,1-6H3,(H,37,42). The van der Waals surface area contributed by atoms with Gasteiger partial charge in [0.1, 0.15) is 29.2 Å². The highest BCUT2D eigenvalue weighted by molar-refractivity contribution is 6.07. The summed E-state index contributed by atoms with van der Waals surface area (Å²) in [7, 11) is 0. The van der Waals surface area contributed by atoms with Crippen LogP contribution in [-0.4, -0.2) is 62.2 Å². The van der Waals surface area contributed by atoms with Gasteiger partial charge in [-0.25, -0.2) is 9.59 Å². The third-order valence-electron chi connectivity index (χ3n) is 7.73. The Balaban J connectivity index is 1.31. The normalized spacial score (nSPS) is 17.0. The zero-order valence-corrected chi connectivity index (χ0v) is 26.4. The number of benzene rings is 2. The first-order valence-electron chi connectivity index (χ1n) is 14.8. The van der Waals surface area contributed by atoms with Crippen LogP contribution in [0.25, 0.3) is 11.4 Å². The number of nitrogens with one attached hydrogen (secondary N) is 1. The van der Waals surface area contributed by atoms with Gasteiger partial charge in [-0.2, -0.15) is 18.2 Å². The lowest BCUT2D eigenvalue weighted by Gasteiger charge is -2.37. The molecule has 0 atom stereocenters. The summed E-state index contributed by atoms with van der Waals surface area (Å²) >= 11 is 0.